The summed E-state index contributed by atoms with van der Waals surface area (Å²) in [6.07, 6.45) is 0.555. The van der Waals surface area contributed by atoms with Gasteiger partial charge in [-0.25, -0.2) is 4.79 Å². The van der Waals surface area contributed by atoms with Crippen LogP contribution in [0.2, 0.25) is 0 Å². The first-order valence-electron chi connectivity index (χ1n) is 7.56. The monoisotopic (exact) mass is 314 g/mol. The van der Waals surface area contributed by atoms with E-state index in [1.54, 1.807) is 0 Å². The fourth-order valence-corrected chi connectivity index (χ4v) is 2.17. The third kappa shape index (κ3) is 3.23. The lowest BCUT2D eigenvalue weighted by atomic mass is 10.0. The van der Waals surface area contributed by atoms with E-state index in [1.807, 2.05) is 31.2 Å². The Hall–Kier alpha value is -2.70. The largest absolute Gasteiger partial charge is 0.437 e. The minimum absolute atomic E-state index is 0.0966. The Morgan fingerprint density at radius 3 is 2.52 bits per heavy atom. The molecule has 0 spiro atoms. The van der Waals surface area contributed by atoms with Crippen LogP contribution in [-0.2, 0) is 13.0 Å². The summed E-state index contributed by atoms with van der Waals surface area (Å²) in [5.41, 5.74) is 2.12. The Kier molecular flexibility index (Phi) is 4.10. The van der Waals surface area contributed by atoms with Crippen molar-refractivity contribution in [2.45, 2.75) is 39.7 Å². The van der Waals surface area contributed by atoms with Crippen molar-refractivity contribution in [1.82, 2.24) is 19.9 Å². The van der Waals surface area contributed by atoms with Crippen LogP contribution in [0.15, 0.2) is 38.0 Å². The molecule has 0 amide bonds. The normalized spacial score (nSPS) is 11.3. The molecule has 0 fully saturated rings. The van der Waals surface area contributed by atoms with Crippen LogP contribution < -0.4 is 5.76 Å². The van der Waals surface area contributed by atoms with Crippen molar-refractivity contribution >= 4 is 0 Å². The van der Waals surface area contributed by atoms with Crippen molar-refractivity contribution in [3.8, 4) is 11.4 Å². The summed E-state index contributed by atoms with van der Waals surface area (Å²) in [7, 11) is 0. The van der Waals surface area contributed by atoms with Gasteiger partial charge in [-0.05, 0) is 11.5 Å². The molecule has 0 bridgehead atoms. The van der Waals surface area contributed by atoms with Gasteiger partial charge >= 0.3 is 5.76 Å². The number of rotatable bonds is 5. The molecule has 7 nitrogen and oxygen atoms in total. The standard InChI is InChI=1S/C16H18N4O3/c1-4-13-18-20(16(21)22-13)9-14-17-15(19-23-14)12-7-5-11(6-8-12)10(2)3/h5-8,10H,4,9H2,1-3H3. The molecule has 0 aliphatic carbocycles. The lowest BCUT2D eigenvalue weighted by Crippen LogP contribution is -2.16. The molecule has 120 valence electrons. The molecule has 0 aliphatic heterocycles. The Morgan fingerprint density at radius 2 is 1.91 bits per heavy atom. The summed E-state index contributed by atoms with van der Waals surface area (Å²) >= 11 is 0. The summed E-state index contributed by atoms with van der Waals surface area (Å²) in [5, 5.41) is 8.00. The molecule has 0 N–H and O–H groups in total. The Bertz CT molecular complexity index is 843. The van der Waals surface area contributed by atoms with Crippen molar-refractivity contribution in [3.05, 3.63) is 52.2 Å². The summed E-state index contributed by atoms with van der Waals surface area (Å²) in [6.45, 7) is 6.24. The number of benzene rings is 1. The first kappa shape index (κ1) is 15.2. The fourth-order valence-electron chi connectivity index (χ4n) is 2.17. The maximum Gasteiger partial charge on any atom is 0.437 e. The Morgan fingerprint density at radius 1 is 1.17 bits per heavy atom. The number of hydrogen-bond donors (Lipinski definition) is 0. The van der Waals surface area contributed by atoms with Crippen LogP contribution >= 0.6 is 0 Å². The molecule has 3 aromatic rings. The second-order valence-corrected chi connectivity index (χ2v) is 5.56. The summed E-state index contributed by atoms with van der Waals surface area (Å²) in [4.78, 5) is 15.9. The van der Waals surface area contributed by atoms with E-state index in [4.69, 9.17) is 8.94 Å². The highest BCUT2D eigenvalue weighted by molar-refractivity contribution is 5.54. The Labute approximate surface area is 132 Å². The molecule has 0 saturated carbocycles. The van der Waals surface area contributed by atoms with Gasteiger partial charge in [-0.3, -0.25) is 0 Å². The van der Waals surface area contributed by atoms with E-state index < -0.39 is 5.76 Å². The molecule has 0 radical (unpaired) electrons. The molecule has 7 heteroatoms. The maximum absolute atomic E-state index is 11.6. The molecule has 2 aromatic heterocycles. The van der Waals surface area contributed by atoms with Gasteiger partial charge in [0.05, 0.1) is 0 Å². The van der Waals surface area contributed by atoms with Crippen LogP contribution in [0.4, 0.5) is 0 Å². The van der Waals surface area contributed by atoms with Gasteiger partial charge in [-0.15, -0.1) is 5.10 Å². The smallest absolute Gasteiger partial charge is 0.392 e. The number of aryl methyl sites for hydroxylation is 1. The molecule has 0 unspecified atom stereocenters. The molecule has 2 heterocycles. The zero-order valence-electron chi connectivity index (χ0n) is 13.3. The van der Waals surface area contributed by atoms with Crippen molar-refractivity contribution in [1.29, 1.82) is 0 Å². The molecular weight excluding hydrogens is 296 g/mol. The highest BCUT2D eigenvalue weighted by Gasteiger charge is 2.13. The summed E-state index contributed by atoms with van der Waals surface area (Å²) < 4.78 is 11.3. The van der Waals surface area contributed by atoms with Crippen molar-refractivity contribution in [2.75, 3.05) is 0 Å². The van der Waals surface area contributed by atoms with Crippen molar-refractivity contribution < 1.29 is 8.94 Å². The number of nitrogens with zero attached hydrogens (tertiary/aromatic N) is 4. The summed E-state index contributed by atoms with van der Waals surface area (Å²) in [6, 6.07) is 8.01. The lowest BCUT2D eigenvalue weighted by Gasteiger charge is -2.04. The van der Waals surface area contributed by atoms with Gasteiger partial charge in [0.25, 0.3) is 0 Å². The average Bonchev–Trinajstić information content (AvgIpc) is 3.15. The van der Waals surface area contributed by atoms with Gasteiger partial charge in [0.15, 0.2) is 0 Å². The number of aromatic nitrogens is 4. The fraction of sp³-hybridized carbons (Fsp3) is 0.375. The van der Waals surface area contributed by atoms with Gasteiger partial charge in [0.2, 0.25) is 17.6 Å². The zero-order chi connectivity index (χ0) is 16.4. The second-order valence-electron chi connectivity index (χ2n) is 5.56. The maximum atomic E-state index is 11.6. The first-order chi connectivity index (χ1) is 11.1. The molecular formula is C16H18N4O3. The number of hydrogen-bond acceptors (Lipinski definition) is 6. The van der Waals surface area contributed by atoms with Gasteiger partial charge in [-0.1, -0.05) is 50.2 Å². The van der Waals surface area contributed by atoms with Gasteiger partial charge in [0, 0.05) is 12.0 Å². The van der Waals surface area contributed by atoms with E-state index in [0.29, 0.717) is 29.9 Å². The summed E-state index contributed by atoms with van der Waals surface area (Å²) in [5.74, 6) is 1.13. The first-order valence-corrected chi connectivity index (χ1v) is 7.56. The topological polar surface area (TPSA) is 87.0 Å². The lowest BCUT2D eigenvalue weighted by molar-refractivity contribution is 0.359. The van der Waals surface area contributed by atoms with Crippen LogP contribution in [0.5, 0.6) is 0 Å². The van der Waals surface area contributed by atoms with Crippen LogP contribution in [0.25, 0.3) is 11.4 Å². The molecule has 1 aromatic carbocycles. The minimum atomic E-state index is -0.525. The highest BCUT2D eigenvalue weighted by Crippen LogP contribution is 2.20. The third-order valence-electron chi connectivity index (χ3n) is 3.54. The predicted octanol–water partition coefficient (Wildman–Crippen LogP) is 2.62. The Balaban J connectivity index is 1.79. The third-order valence-corrected chi connectivity index (χ3v) is 3.54. The second kappa shape index (κ2) is 6.20. The molecule has 0 aliphatic rings. The predicted molar refractivity (Wildman–Crippen MR) is 83.1 cm³/mol. The van der Waals surface area contributed by atoms with E-state index in [0.717, 1.165) is 5.56 Å². The van der Waals surface area contributed by atoms with Crippen molar-refractivity contribution in [3.63, 3.8) is 0 Å². The molecule has 3 rings (SSSR count). The minimum Gasteiger partial charge on any atom is -0.392 e. The van der Waals surface area contributed by atoms with Gasteiger partial charge in [0.1, 0.15) is 6.54 Å². The SMILES string of the molecule is CCc1nn(Cc2nc(-c3ccc(C(C)C)cc3)no2)c(=O)o1. The molecule has 0 atom stereocenters. The van der Waals surface area contributed by atoms with Crippen LogP contribution in [0.3, 0.4) is 0 Å². The molecule has 0 saturated heterocycles. The molecule has 23 heavy (non-hydrogen) atoms. The van der Waals surface area contributed by atoms with Gasteiger partial charge < -0.3 is 8.94 Å². The van der Waals surface area contributed by atoms with Crippen molar-refractivity contribution in [2.24, 2.45) is 0 Å². The van der Waals surface area contributed by atoms with Gasteiger partial charge in [-0.2, -0.15) is 9.67 Å². The van der Waals surface area contributed by atoms with E-state index in [1.165, 1.54) is 10.2 Å². The van der Waals surface area contributed by atoms with Crippen LogP contribution in [0.1, 0.15) is 44.0 Å². The average molecular weight is 314 g/mol. The van der Waals surface area contributed by atoms with Crippen LogP contribution in [-0.4, -0.2) is 19.9 Å². The quantitative estimate of drug-likeness (QED) is 0.719. The van der Waals surface area contributed by atoms with Crippen LogP contribution in [0, 0.1) is 0 Å². The van der Waals surface area contributed by atoms with E-state index >= 15 is 0 Å². The van der Waals surface area contributed by atoms with E-state index in [2.05, 4.69) is 29.1 Å². The highest BCUT2D eigenvalue weighted by atomic mass is 16.5. The zero-order valence-corrected chi connectivity index (χ0v) is 13.3. The van der Waals surface area contributed by atoms with E-state index in [9.17, 15) is 4.79 Å². The van der Waals surface area contributed by atoms with E-state index in [-0.39, 0.29) is 6.54 Å².